The summed E-state index contributed by atoms with van der Waals surface area (Å²) in [5, 5.41) is 10.2. The zero-order valence-corrected chi connectivity index (χ0v) is 20.4. The van der Waals surface area contributed by atoms with Crippen molar-refractivity contribution >= 4 is 16.7 Å². The molecule has 188 valence electrons. The molecule has 2 aliphatic heterocycles. The van der Waals surface area contributed by atoms with Crippen LogP contribution in [0.5, 0.6) is 0 Å². The summed E-state index contributed by atoms with van der Waals surface area (Å²) in [5.41, 5.74) is 4.13. The maximum absolute atomic E-state index is 13.0. The number of aromatic nitrogens is 6. The standard InChI is InChI=1S/C26H30FN7O2/c1-18-17-35-15-13-33(18)23-16-20(21-7-11-32(31-21)12-8-27)19-5-9-28-26(25(19)30-23)22-6-10-29-34(22)24-4-2-3-14-36-24/h5-7,9-11,16,18,24H,2-4,8,12-15,17H2,1H3. The van der Waals surface area contributed by atoms with E-state index < -0.39 is 6.67 Å². The molecule has 36 heavy (non-hydrogen) atoms. The fourth-order valence-corrected chi connectivity index (χ4v) is 5.12. The summed E-state index contributed by atoms with van der Waals surface area (Å²) in [4.78, 5) is 12.2. The molecule has 10 heteroatoms. The van der Waals surface area contributed by atoms with Crippen molar-refractivity contribution in [1.82, 2.24) is 29.5 Å². The van der Waals surface area contributed by atoms with Crippen molar-refractivity contribution in [3.05, 3.63) is 42.9 Å². The summed E-state index contributed by atoms with van der Waals surface area (Å²) in [6, 6.07) is 8.14. The van der Waals surface area contributed by atoms with E-state index in [9.17, 15) is 4.39 Å². The summed E-state index contributed by atoms with van der Waals surface area (Å²) < 4.78 is 28.3. The van der Waals surface area contributed by atoms with Crippen LogP contribution in [0.3, 0.4) is 0 Å². The van der Waals surface area contributed by atoms with Crippen LogP contribution >= 0.6 is 0 Å². The highest BCUT2D eigenvalue weighted by atomic mass is 19.1. The molecule has 9 nitrogen and oxygen atoms in total. The van der Waals surface area contributed by atoms with Crippen molar-refractivity contribution in [1.29, 1.82) is 0 Å². The number of hydrogen-bond acceptors (Lipinski definition) is 7. The third-order valence-corrected chi connectivity index (χ3v) is 6.95. The van der Waals surface area contributed by atoms with Crippen LogP contribution in [0, 0.1) is 0 Å². The quantitative estimate of drug-likeness (QED) is 0.399. The highest BCUT2D eigenvalue weighted by Gasteiger charge is 2.25. The lowest BCUT2D eigenvalue weighted by molar-refractivity contribution is -0.0383. The van der Waals surface area contributed by atoms with Crippen molar-refractivity contribution in [2.24, 2.45) is 0 Å². The van der Waals surface area contributed by atoms with Gasteiger partial charge in [-0.3, -0.25) is 9.67 Å². The molecular formula is C26H30FN7O2. The number of alkyl halides is 1. The second-order valence-electron chi connectivity index (χ2n) is 9.34. The molecule has 0 spiro atoms. The van der Waals surface area contributed by atoms with Crippen LogP contribution in [0.15, 0.2) is 42.9 Å². The second-order valence-corrected chi connectivity index (χ2v) is 9.34. The number of hydrogen-bond donors (Lipinski definition) is 0. The highest BCUT2D eigenvalue weighted by molar-refractivity contribution is 6.01. The molecule has 0 aromatic carbocycles. The predicted octanol–water partition coefficient (Wildman–Crippen LogP) is 4.25. The summed E-state index contributed by atoms with van der Waals surface area (Å²) >= 11 is 0. The van der Waals surface area contributed by atoms with Gasteiger partial charge in [-0.2, -0.15) is 10.2 Å². The van der Waals surface area contributed by atoms with E-state index in [-0.39, 0.29) is 18.8 Å². The van der Waals surface area contributed by atoms with Gasteiger partial charge in [-0.15, -0.1) is 0 Å². The summed E-state index contributed by atoms with van der Waals surface area (Å²) in [6.07, 6.45) is 8.39. The Morgan fingerprint density at radius 3 is 2.92 bits per heavy atom. The zero-order valence-electron chi connectivity index (χ0n) is 20.4. The average Bonchev–Trinajstić information content (AvgIpc) is 3.59. The molecular weight excluding hydrogens is 461 g/mol. The molecule has 4 aromatic heterocycles. The molecule has 2 fully saturated rings. The lowest BCUT2D eigenvalue weighted by atomic mass is 10.0. The van der Waals surface area contributed by atoms with E-state index in [0.717, 1.165) is 71.8 Å². The Morgan fingerprint density at radius 2 is 2.08 bits per heavy atom. The largest absolute Gasteiger partial charge is 0.377 e. The smallest absolute Gasteiger partial charge is 0.150 e. The number of halogens is 1. The molecule has 6 heterocycles. The van der Waals surface area contributed by atoms with Gasteiger partial charge in [0.1, 0.15) is 23.7 Å². The Kier molecular flexibility index (Phi) is 6.37. The minimum Gasteiger partial charge on any atom is -0.377 e. The number of fused-ring (bicyclic) bond motifs is 1. The lowest BCUT2D eigenvalue weighted by Crippen LogP contribution is -2.44. The molecule has 0 amide bonds. The van der Waals surface area contributed by atoms with Crippen LogP contribution in [0.25, 0.3) is 33.5 Å². The van der Waals surface area contributed by atoms with Gasteiger partial charge in [0.25, 0.3) is 0 Å². The highest BCUT2D eigenvalue weighted by Crippen LogP contribution is 2.36. The molecule has 0 aliphatic carbocycles. The topological polar surface area (TPSA) is 83.1 Å². The first-order chi connectivity index (χ1) is 17.7. The average molecular weight is 492 g/mol. The Hall–Kier alpha value is -3.37. The van der Waals surface area contributed by atoms with Gasteiger partial charge in [-0.1, -0.05) is 0 Å². The maximum Gasteiger partial charge on any atom is 0.150 e. The Balaban J connectivity index is 1.53. The van der Waals surface area contributed by atoms with Gasteiger partial charge in [0.15, 0.2) is 6.23 Å². The number of anilines is 1. The minimum atomic E-state index is -0.462. The Morgan fingerprint density at radius 1 is 1.14 bits per heavy atom. The van der Waals surface area contributed by atoms with E-state index >= 15 is 0 Å². The number of morpholine rings is 1. The molecule has 0 bridgehead atoms. The molecule has 2 atom stereocenters. The molecule has 2 saturated heterocycles. The van der Waals surface area contributed by atoms with Gasteiger partial charge in [-0.25, -0.2) is 14.1 Å². The normalized spacial score (nSPS) is 20.8. The van der Waals surface area contributed by atoms with Gasteiger partial charge in [0.2, 0.25) is 0 Å². The van der Waals surface area contributed by atoms with E-state index in [1.165, 1.54) is 0 Å². The molecule has 6 rings (SSSR count). The van der Waals surface area contributed by atoms with Crippen molar-refractivity contribution in [3.8, 4) is 22.6 Å². The van der Waals surface area contributed by atoms with Gasteiger partial charge >= 0.3 is 0 Å². The van der Waals surface area contributed by atoms with E-state index in [4.69, 9.17) is 19.4 Å². The first kappa shape index (κ1) is 23.1. The van der Waals surface area contributed by atoms with Crippen LogP contribution in [0.1, 0.15) is 32.4 Å². The number of ether oxygens (including phenoxy) is 2. The maximum atomic E-state index is 13.0. The Bertz CT molecular complexity index is 1350. The zero-order chi connectivity index (χ0) is 24.5. The summed E-state index contributed by atoms with van der Waals surface area (Å²) in [7, 11) is 0. The molecule has 0 N–H and O–H groups in total. The number of aryl methyl sites for hydroxylation is 1. The fraction of sp³-hybridized carbons (Fsp3) is 0.462. The van der Waals surface area contributed by atoms with Crippen molar-refractivity contribution in [2.75, 3.05) is 37.9 Å². The van der Waals surface area contributed by atoms with E-state index in [0.29, 0.717) is 13.2 Å². The molecule has 0 saturated carbocycles. The molecule has 2 unspecified atom stereocenters. The van der Waals surface area contributed by atoms with Crippen LogP contribution in [-0.4, -0.2) is 68.6 Å². The van der Waals surface area contributed by atoms with E-state index in [2.05, 4.69) is 28.1 Å². The second kappa shape index (κ2) is 9.94. The van der Waals surface area contributed by atoms with E-state index in [1.54, 1.807) is 17.1 Å². The van der Waals surface area contributed by atoms with Gasteiger partial charge in [0, 0.05) is 42.7 Å². The first-order valence-corrected chi connectivity index (χ1v) is 12.6. The third kappa shape index (κ3) is 4.24. The predicted molar refractivity (Wildman–Crippen MR) is 134 cm³/mol. The van der Waals surface area contributed by atoms with Crippen LogP contribution in [0.4, 0.5) is 10.2 Å². The summed E-state index contributed by atoms with van der Waals surface area (Å²) in [6.45, 7) is 4.68. The van der Waals surface area contributed by atoms with Crippen LogP contribution in [-0.2, 0) is 16.0 Å². The fourth-order valence-electron chi connectivity index (χ4n) is 5.12. The molecule has 0 radical (unpaired) electrons. The number of rotatable bonds is 6. The van der Waals surface area contributed by atoms with Crippen LogP contribution < -0.4 is 4.90 Å². The van der Waals surface area contributed by atoms with Gasteiger partial charge in [0.05, 0.1) is 37.2 Å². The van der Waals surface area contributed by atoms with Gasteiger partial charge < -0.3 is 14.4 Å². The van der Waals surface area contributed by atoms with Crippen molar-refractivity contribution in [3.63, 3.8) is 0 Å². The van der Waals surface area contributed by atoms with Gasteiger partial charge in [-0.05, 0) is 50.5 Å². The number of pyridine rings is 2. The molecule has 4 aromatic rings. The SMILES string of the molecule is CC1COCCN1c1cc(-c2ccn(CCF)n2)c2ccnc(-c3ccnn3C3CCCCO3)c2n1. The minimum absolute atomic E-state index is 0.112. The van der Waals surface area contributed by atoms with Crippen molar-refractivity contribution in [2.45, 2.75) is 45.0 Å². The lowest BCUT2D eigenvalue weighted by Gasteiger charge is -2.34. The number of nitrogens with zero attached hydrogens (tertiary/aromatic N) is 7. The summed E-state index contributed by atoms with van der Waals surface area (Å²) in [5.74, 6) is 0.850. The molecule has 2 aliphatic rings. The third-order valence-electron chi connectivity index (χ3n) is 6.95. The monoisotopic (exact) mass is 491 g/mol. The van der Waals surface area contributed by atoms with E-state index in [1.807, 2.05) is 29.1 Å². The van der Waals surface area contributed by atoms with Crippen LogP contribution in [0.2, 0.25) is 0 Å². The van der Waals surface area contributed by atoms with Crippen molar-refractivity contribution < 1.29 is 13.9 Å². The Labute approximate surface area is 208 Å². The first-order valence-electron chi connectivity index (χ1n) is 12.6.